The Hall–Kier alpha value is -5.09. The lowest BCUT2D eigenvalue weighted by Crippen LogP contribution is -2.26. The van der Waals surface area contributed by atoms with E-state index >= 15 is 0 Å². The summed E-state index contributed by atoms with van der Waals surface area (Å²) < 4.78 is 9.20. The summed E-state index contributed by atoms with van der Waals surface area (Å²) in [6.45, 7) is 4.15. The molecule has 6 rings (SSSR count). The first kappa shape index (κ1) is 28.0. The molecule has 3 N–H and O–H groups in total. The zero-order valence-corrected chi connectivity index (χ0v) is 24.2. The molecule has 1 aromatic carbocycles. The van der Waals surface area contributed by atoms with E-state index in [4.69, 9.17) is 10.5 Å². The summed E-state index contributed by atoms with van der Waals surface area (Å²) in [5.74, 6) is 0.261. The summed E-state index contributed by atoms with van der Waals surface area (Å²) in [5, 5.41) is 7.08. The second-order valence-corrected chi connectivity index (χ2v) is 11.0. The van der Waals surface area contributed by atoms with Crippen LogP contribution >= 0.6 is 0 Å². The smallest absolute Gasteiger partial charge is 0.261 e. The topological polar surface area (TPSA) is 130 Å². The van der Waals surface area contributed by atoms with E-state index in [1.807, 2.05) is 61.3 Å². The Morgan fingerprint density at radius 3 is 2.44 bits per heavy atom. The highest BCUT2D eigenvalue weighted by molar-refractivity contribution is 6.04. The maximum Gasteiger partial charge on any atom is 0.261 e. The van der Waals surface area contributed by atoms with Crippen molar-refractivity contribution in [1.82, 2.24) is 24.3 Å². The van der Waals surface area contributed by atoms with Crippen LogP contribution in [0.4, 0.5) is 11.5 Å². The van der Waals surface area contributed by atoms with E-state index in [1.165, 1.54) is 0 Å². The molecule has 0 unspecified atom stereocenters. The maximum absolute atomic E-state index is 13.6. The molecular formula is C33H33N7O3. The molecule has 10 heteroatoms. The second-order valence-electron chi connectivity index (χ2n) is 11.0. The van der Waals surface area contributed by atoms with Gasteiger partial charge in [0.25, 0.3) is 5.91 Å². The average Bonchev–Trinajstić information content (AvgIpc) is 3.46. The van der Waals surface area contributed by atoms with Crippen LogP contribution in [-0.2, 0) is 18.3 Å². The first-order chi connectivity index (χ1) is 20.8. The van der Waals surface area contributed by atoms with Gasteiger partial charge in [0.05, 0.1) is 23.8 Å². The van der Waals surface area contributed by atoms with Crippen LogP contribution in [0.2, 0.25) is 0 Å². The highest BCUT2D eigenvalue weighted by Gasteiger charge is 2.20. The largest absolute Gasteiger partial charge is 0.383 e. The predicted molar refractivity (Wildman–Crippen MR) is 166 cm³/mol. The Morgan fingerprint density at radius 2 is 1.74 bits per heavy atom. The van der Waals surface area contributed by atoms with E-state index in [-0.39, 0.29) is 11.0 Å². The Kier molecular flexibility index (Phi) is 7.84. The molecule has 0 spiro atoms. The van der Waals surface area contributed by atoms with Crippen molar-refractivity contribution in [2.45, 2.75) is 26.3 Å². The number of pyridine rings is 3. The number of nitrogens with two attached hydrogens (primary N) is 1. The van der Waals surface area contributed by atoms with Crippen molar-refractivity contribution >= 4 is 17.4 Å². The van der Waals surface area contributed by atoms with Gasteiger partial charge in [-0.05, 0) is 49.4 Å². The van der Waals surface area contributed by atoms with Crippen molar-refractivity contribution in [1.29, 1.82) is 0 Å². The number of hydrogen-bond acceptors (Lipinski definition) is 7. The standard InChI is InChI=1S/C33H33N7O3/c1-21-3-5-23(6-4-21)28-19-40(17-22-9-11-43-12-10-22)20-29(31(28)41)33(42)38-26-7-8-30(35-16-26)27-13-24(14-36-32(27)34)25-15-37-39(2)18-25/h3-8,13-16,18-20,22H,9-12,17H2,1-2H3,(H2,34,36)(H,38,42). The van der Waals surface area contributed by atoms with Gasteiger partial charge in [0.15, 0.2) is 0 Å². The van der Waals surface area contributed by atoms with Crippen molar-refractivity contribution in [2.24, 2.45) is 13.0 Å². The van der Waals surface area contributed by atoms with Crippen LogP contribution < -0.4 is 16.5 Å². The number of hydrogen-bond donors (Lipinski definition) is 2. The van der Waals surface area contributed by atoms with Crippen LogP contribution in [0.5, 0.6) is 0 Å². The van der Waals surface area contributed by atoms with Gasteiger partial charge in [0.1, 0.15) is 11.4 Å². The van der Waals surface area contributed by atoms with Crippen molar-refractivity contribution in [3.05, 3.63) is 101 Å². The molecule has 0 aliphatic carbocycles. The molecule has 0 radical (unpaired) electrons. The fourth-order valence-electron chi connectivity index (χ4n) is 5.30. The van der Waals surface area contributed by atoms with Crippen LogP contribution in [0.15, 0.2) is 84.4 Å². The zero-order valence-electron chi connectivity index (χ0n) is 24.2. The Labute approximate surface area is 249 Å². The summed E-state index contributed by atoms with van der Waals surface area (Å²) in [7, 11) is 1.85. The van der Waals surface area contributed by atoms with Crippen molar-refractivity contribution in [2.75, 3.05) is 24.3 Å². The number of aryl methyl sites for hydroxylation is 2. The third-order valence-corrected chi connectivity index (χ3v) is 7.75. The highest BCUT2D eigenvalue weighted by atomic mass is 16.5. The number of ether oxygens (including phenoxy) is 1. The molecule has 5 aromatic rings. The number of aromatic nitrogens is 5. The maximum atomic E-state index is 13.6. The van der Waals surface area contributed by atoms with Crippen molar-refractivity contribution < 1.29 is 9.53 Å². The summed E-state index contributed by atoms with van der Waals surface area (Å²) in [4.78, 5) is 36.0. The van der Waals surface area contributed by atoms with E-state index in [0.29, 0.717) is 40.8 Å². The average molecular weight is 576 g/mol. The quantitative estimate of drug-likeness (QED) is 0.281. The van der Waals surface area contributed by atoms with Gasteiger partial charge in [0, 0.05) is 73.8 Å². The summed E-state index contributed by atoms with van der Waals surface area (Å²) in [6, 6.07) is 13.2. The minimum absolute atomic E-state index is 0.0758. The molecule has 1 fully saturated rings. The third-order valence-electron chi connectivity index (χ3n) is 7.75. The minimum atomic E-state index is -0.492. The number of nitrogen functional groups attached to an aromatic ring is 1. The zero-order chi connectivity index (χ0) is 29.9. The van der Waals surface area contributed by atoms with Crippen molar-refractivity contribution in [3.8, 4) is 33.5 Å². The fraction of sp³-hybridized carbons (Fsp3) is 0.242. The number of nitrogens with zero attached hydrogens (tertiary/aromatic N) is 5. The molecule has 4 aromatic heterocycles. The first-order valence-electron chi connectivity index (χ1n) is 14.3. The molecule has 43 heavy (non-hydrogen) atoms. The van der Waals surface area contributed by atoms with Gasteiger partial charge in [-0.25, -0.2) is 4.98 Å². The molecule has 0 saturated carbocycles. The van der Waals surface area contributed by atoms with Gasteiger partial charge >= 0.3 is 0 Å². The Balaban J connectivity index is 1.27. The summed E-state index contributed by atoms with van der Waals surface area (Å²) >= 11 is 0. The van der Waals surface area contributed by atoms with Gasteiger partial charge < -0.3 is 20.4 Å². The number of carbonyl (C=O) groups is 1. The van der Waals surface area contributed by atoms with Crippen LogP contribution in [-0.4, -0.2) is 43.4 Å². The monoisotopic (exact) mass is 575 g/mol. The van der Waals surface area contributed by atoms with Crippen LogP contribution in [0.1, 0.15) is 28.8 Å². The van der Waals surface area contributed by atoms with Gasteiger partial charge in [-0.1, -0.05) is 29.8 Å². The number of nitrogens with one attached hydrogen (secondary N) is 1. The van der Waals surface area contributed by atoms with Gasteiger partial charge in [-0.3, -0.25) is 19.3 Å². The third kappa shape index (κ3) is 6.24. The molecular weight excluding hydrogens is 542 g/mol. The fourth-order valence-corrected chi connectivity index (χ4v) is 5.30. The molecule has 0 atom stereocenters. The van der Waals surface area contributed by atoms with E-state index in [9.17, 15) is 9.59 Å². The minimum Gasteiger partial charge on any atom is -0.383 e. The SMILES string of the molecule is Cc1ccc(-c2cn(CC3CCOCC3)cc(C(=O)Nc3ccc(-c4cc(-c5cnn(C)c5)cnc4N)nc3)c2=O)cc1. The molecule has 10 nitrogen and oxygen atoms in total. The molecule has 1 aliphatic heterocycles. The molecule has 0 bridgehead atoms. The summed E-state index contributed by atoms with van der Waals surface area (Å²) in [5.41, 5.74) is 11.8. The van der Waals surface area contributed by atoms with Gasteiger partial charge in [-0.15, -0.1) is 0 Å². The first-order valence-corrected chi connectivity index (χ1v) is 14.3. The van der Waals surface area contributed by atoms with Gasteiger partial charge in [0.2, 0.25) is 5.43 Å². The molecule has 1 saturated heterocycles. The van der Waals surface area contributed by atoms with Crippen LogP contribution in [0, 0.1) is 12.8 Å². The predicted octanol–water partition coefficient (Wildman–Crippen LogP) is 4.94. The number of carbonyl (C=O) groups excluding carboxylic acids is 1. The number of amides is 1. The Bertz CT molecular complexity index is 1820. The number of rotatable bonds is 7. The number of anilines is 2. The van der Waals surface area contributed by atoms with E-state index in [1.54, 1.807) is 41.6 Å². The molecule has 218 valence electrons. The lowest BCUT2D eigenvalue weighted by atomic mass is 9.99. The van der Waals surface area contributed by atoms with Crippen LogP contribution in [0.25, 0.3) is 33.5 Å². The lowest BCUT2D eigenvalue weighted by molar-refractivity contribution is 0.0612. The lowest BCUT2D eigenvalue weighted by Gasteiger charge is -2.23. The van der Waals surface area contributed by atoms with E-state index < -0.39 is 5.91 Å². The van der Waals surface area contributed by atoms with Crippen molar-refractivity contribution in [3.63, 3.8) is 0 Å². The van der Waals surface area contributed by atoms with Gasteiger partial charge in [-0.2, -0.15) is 5.10 Å². The Morgan fingerprint density at radius 1 is 0.953 bits per heavy atom. The summed E-state index contributed by atoms with van der Waals surface area (Å²) in [6.07, 6.45) is 12.3. The molecule has 5 heterocycles. The molecule has 1 aliphatic rings. The van der Waals surface area contributed by atoms with E-state index in [0.717, 1.165) is 48.3 Å². The number of benzene rings is 1. The normalized spacial score (nSPS) is 13.6. The van der Waals surface area contributed by atoms with Crippen LogP contribution in [0.3, 0.4) is 0 Å². The van der Waals surface area contributed by atoms with E-state index in [2.05, 4.69) is 20.4 Å². The molecule has 1 amide bonds. The second kappa shape index (κ2) is 12.0. The highest BCUT2D eigenvalue weighted by Crippen LogP contribution is 2.29.